The summed E-state index contributed by atoms with van der Waals surface area (Å²) < 4.78 is 5.27. The molecule has 0 heterocycles. The summed E-state index contributed by atoms with van der Waals surface area (Å²) in [5, 5.41) is 0. The third-order valence-corrected chi connectivity index (χ3v) is 2.50. The van der Waals surface area contributed by atoms with Crippen LogP contribution in [0.2, 0.25) is 0 Å². The molecular weight excluding hydrogens is 188 g/mol. The Kier molecular flexibility index (Phi) is 4.50. The Labute approximate surface area is 91.3 Å². The Bertz CT molecular complexity index is 331. The second-order valence-electron chi connectivity index (χ2n) is 3.67. The smallest absolute Gasteiger partial charge is 0.165 e. The van der Waals surface area contributed by atoms with Gasteiger partial charge < -0.3 is 4.74 Å². The fraction of sp³-hybridized carbons (Fsp3) is 0.462. The molecule has 15 heavy (non-hydrogen) atoms. The molecule has 0 aromatic heterocycles. The number of ether oxygens (including phenoxy) is 1. The van der Waals surface area contributed by atoms with E-state index >= 15 is 0 Å². The van der Waals surface area contributed by atoms with E-state index in [1.54, 1.807) is 0 Å². The van der Waals surface area contributed by atoms with Gasteiger partial charge >= 0.3 is 0 Å². The highest BCUT2D eigenvalue weighted by molar-refractivity contribution is 5.85. The zero-order chi connectivity index (χ0) is 11.3. The SMILES string of the molecule is CCOC(C)C(=O)Cc1ccccc1C. The first-order valence-electron chi connectivity index (χ1n) is 5.34. The van der Waals surface area contributed by atoms with Crippen LogP contribution in [0.25, 0.3) is 0 Å². The van der Waals surface area contributed by atoms with Crippen molar-refractivity contribution in [1.29, 1.82) is 0 Å². The van der Waals surface area contributed by atoms with Gasteiger partial charge in [-0.3, -0.25) is 4.79 Å². The Balaban J connectivity index is 2.62. The summed E-state index contributed by atoms with van der Waals surface area (Å²) >= 11 is 0. The molecule has 1 aromatic rings. The highest BCUT2D eigenvalue weighted by atomic mass is 16.5. The van der Waals surface area contributed by atoms with Gasteiger partial charge in [-0.2, -0.15) is 0 Å². The van der Waals surface area contributed by atoms with E-state index in [2.05, 4.69) is 0 Å². The van der Waals surface area contributed by atoms with Crippen LogP contribution in [-0.2, 0) is 16.0 Å². The molecule has 0 N–H and O–H groups in total. The van der Waals surface area contributed by atoms with E-state index in [0.29, 0.717) is 13.0 Å². The van der Waals surface area contributed by atoms with Gasteiger partial charge in [0.15, 0.2) is 5.78 Å². The van der Waals surface area contributed by atoms with Crippen LogP contribution in [0.4, 0.5) is 0 Å². The first-order valence-corrected chi connectivity index (χ1v) is 5.34. The molecule has 0 bridgehead atoms. The van der Waals surface area contributed by atoms with Crippen LogP contribution in [0, 0.1) is 6.92 Å². The van der Waals surface area contributed by atoms with Gasteiger partial charge in [0.1, 0.15) is 6.10 Å². The lowest BCUT2D eigenvalue weighted by Gasteiger charge is -2.11. The van der Waals surface area contributed by atoms with Crippen LogP contribution in [0.1, 0.15) is 25.0 Å². The number of carbonyl (C=O) groups excluding carboxylic acids is 1. The summed E-state index contributed by atoms with van der Waals surface area (Å²) in [6.07, 6.45) is 0.169. The van der Waals surface area contributed by atoms with Gasteiger partial charge in [0.05, 0.1) is 0 Å². The molecule has 1 atom stereocenters. The summed E-state index contributed by atoms with van der Waals surface area (Å²) in [7, 11) is 0. The van der Waals surface area contributed by atoms with Crippen LogP contribution < -0.4 is 0 Å². The van der Waals surface area contributed by atoms with Crippen LogP contribution in [0.15, 0.2) is 24.3 Å². The van der Waals surface area contributed by atoms with Crippen LogP contribution >= 0.6 is 0 Å². The van der Waals surface area contributed by atoms with Crippen molar-refractivity contribution >= 4 is 5.78 Å². The zero-order valence-corrected chi connectivity index (χ0v) is 9.62. The van der Waals surface area contributed by atoms with Gasteiger partial charge in [-0.05, 0) is 31.9 Å². The molecule has 2 heteroatoms. The summed E-state index contributed by atoms with van der Waals surface area (Å²) in [5.74, 6) is 0.145. The third-order valence-electron chi connectivity index (χ3n) is 2.50. The van der Waals surface area contributed by atoms with Crippen molar-refractivity contribution < 1.29 is 9.53 Å². The Hall–Kier alpha value is -1.15. The van der Waals surface area contributed by atoms with E-state index < -0.39 is 0 Å². The topological polar surface area (TPSA) is 26.3 Å². The average Bonchev–Trinajstić information content (AvgIpc) is 2.21. The molecule has 1 unspecified atom stereocenters. The minimum Gasteiger partial charge on any atom is -0.371 e. The maximum atomic E-state index is 11.7. The van der Waals surface area contributed by atoms with Gasteiger partial charge in [0.2, 0.25) is 0 Å². The van der Waals surface area contributed by atoms with Crippen LogP contribution in [-0.4, -0.2) is 18.5 Å². The minimum atomic E-state index is -0.297. The standard InChI is InChI=1S/C13H18O2/c1-4-15-11(3)13(14)9-12-8-6-5-7-10(12)2/h5-8,11H,4,9H2,1-3H3. The molecular formula is C13H18O2. The largest absolute Gasteiger partial charge is 0.371 e. The zero-order valence-electron chi connectivity index (χ0n) is 9.62. The lowest BCUT2D eigenvalue weighted by Crippen LogP contribution is -2.22. The molecule has 0 saturated heterocycles. The molecule has 0 aliphatic carbocycles. The van der Waals surface area contributed by atoms with Crippen molar-refractivity contribution in [2.45, 2.75) is 33.3 Å². The van der Waals surface area contributed by atoms with Gasteiger partial charge in [-0.25, -0.2) is 0 Å². The number of carbonyl (C=O) groups is 1. The molecule has 0 fully saturated rings. The summed E-state index contributed by atoms with van der Waals surface area (Å²) in [6.45, 7) is 6.32. The quantitative estimate of drug-likeness (QED) is 0.740. The molecule has 0 aliphatic heterocycles. The van der Waals surface area contributed by atoms with Crippen molar-refractivity contribution in [2.75, 3.05) is 6.61 Å². The predicted molar refractivity (Wildman–Crippen MR) is 61.0 cm³/mol. The molecule has 0 aliphatic rings. The van der Waals surface area contributed by atoms with Crippen molar-refractivity contribution in [3.63, 3.8) is 0 Å². The van der Waals surface area contributed by atoms with Crippen molar-refractivity contribution in [3.8, 4) is 0 Å². The van der Waals surface area contributed by atoms with Gasteiger partial charge in [-0.1, -0.05) is 24.3 Å². The predicted octanol–water partition coefficient (Wildman–Crippen LogP) is 2.53. The summed E-state index contributed by atoms with van der Waals surface area (Å²) in [6, 6.07) is 7.95. The fourth-order valence-electron chi connectivity index (χ4n) is 1.48. The first-order chi connectivity index (χ1) is 7.15. The van der Waals surface area contributed by atoms with E-state index in [1.807, 2.05) is 45.0 Å². The van der Waals surface area contributed by atoms with Crippen molar-refractivity contribution in [2.24, 2.45) is 0 Å². The second-order valence-corrected chi connectivity index (χ2v) is 3.67. The highest BCUT2D eigenvalue weighted by Gasteiger charge is 2.13. The number of Topliss-reactive ketones (excluding diaryl/α,β-unsaturated/α-hetero) is 1. The summed E-state index contributed by atoms with van der Waals surface area (Å²) in [4.78, 5) is 11.7. The number of rotatable bonds is 5. The highest BCUT2D eigenvalue weighted by Crippen LogP contribution is 2.09. The summed E-state index contributed by atoms with van der Waals surface area (Å²) in [5.41, 5.74) is 2.25. The van der Waals surface area contributed by atoms with E-state index in [-0.39, 0.29) is 11.9 Å². The molecule has 0 amide bonds. The third kappa shape index (κ3) is 3.48. The second kappa shape index (κ2) is 5.66. The first kappa shape index (κ1) is 11.9. The van der Waals surface area contributed by atoms with Gasteiger partial charge in [0.25, 0.3) is 0 Å². The van der Waals surface area contributed by atoms with Crippen LogP contribution in [0.3, 0.4) is 0 Å². The van der Waals surface area contributed by atoms with Gasteiger partial charge in [0, 0.05) is 13.0 Å². The van der Waals surface area contributed by atoms with Crippen LogP contribution in [0.5, 0.6) is 0 Å². The number of hydrogen-bond acceptors (Lipinski definition) is 2. The molecule has 1 aromatic carbocycles. The number of hydrogen-bond donors (Lipinski definition) is 0. The Morgan fingerprint density at radius 2 is 2.07 bits per heavy atom. The average molecular weight is 206 g/mol. The maximum Gasteiger partial charge on any atom is 0.165 e. The minimum absolute atomic E-state index is 0.145. The van der Waals surface area contributed by atoms with Gasteiger partial charge in [-0.15, -0.1) is 0 Å². The lowest BCUT2D eigenvalue weighted by atomic mass is 10.0. The monoisotopic (exact) mass is 206 g/mol. The molecule has 0 radical (unpaired) electrons. The Morgan fingerprint density at radius 1 is 1.40 bits per heavy atom. The van der Waals surface area contributed by atoms with E-state index in [4.69, 9.17) is 4.74 Å². The molecule has 82 valence electrons. The molecule has 0 spiro atoms. The molecule has 0 saturated carbocycles. The van der Waals surface area contributed by atoms with E-state index in [0.717, 1.165) is 11.1 Å². The fourth-order valence-corrected chi connectivity index (χ4v) is 1.48. The number of ketones is 1. The normalized spacial score (nSPS) is 12.5. The molecule has 2 nitrogen and oxygen atoms in total. The molecule has 1 rings (SSSR count). The number of aryl methyl sites for hydroxylation is 1. The lowest BCUT2D eigenvalue weighted by molar-refractivity contribution is -0.128. The Morgan fingerprint density at radius 3 is 2.67 bits per heavy atom. The van der Waals surface area contributed by atoms with E-state index in [9.17, 15) is 4.79 Å². The number of benzene rings is 1. The van der Waals surface area contributed by atoms with Crippen molar-refractivity contribution in [1.82, 2.24) is 0 Å². The maximum absolute atomic E-state index is 11.7. The van der Waals surface area contributed by atoms with Crippen molar-refractivity contribution in [3.05, 3.63) is 35.4 Å². The van der Waals surface area contributed by atoms with E-state index in [1.165, 1.54) is 0 Å².